The first-order chi connectivity index (χ1) is 6.50. The number of aromatic nitrogens is 2. The van der Waals surface area contributed by atoms with E-state index in [4.69, 9.17) is 5.73 Å². The summed E-state index contributed by atoms with van der Waals surface area (Å²) in [6.45, 7) is -0.394. The van der Waals surface area contributed by atoms with Gasteiger partial charge in [0.25, 0.3) is 6.43 Å². The lowest BCUT2D eigenvalue weighted by Crippen LogP contribution is -2.25. The second-order valence-corrected chi connectivity index (χ2v) is 3.53. The van der Waals surface area contributed by atoms with Gasteiger partial charge < -0.3 is 10.6 Å². The van der Waals surface area contributed by atoms with Gasteiger partial charge in [0, 0.05) is 13.2 Å². The molecule has 1 heterocycles. The highest BCUT2D eigenvalue weighted by atomic mass is 79.9. The summed E-state index contributed by atoms with van der Waals surface area (Å²) in [7, 11) is 1.51. The molecule has 2 N–H and O–H groups in total. The lowest BCUT2D eigenvalue weighted by molar-refractivity contribution is 0.156. The summed E-state index contributed by atoms with van der Waals surface area (Å²) in [5.74, 6) is 0.419. The van der Waals surface area contributed by atoms with Crippen molar-refractivity contribution in [3.8, 4) is 0 Å². The Morgan fingerprint density at radius 2 is 2.29 bits per heavy atom. The van der Waals surface area contributed by atoms with Gasteiger partial charge in [-0.3, -0.25) is 0 Å². The minimum absolute atomic E-state index is 0.0596. The van der Waals surface area contributed by atoms with E-state index in [2.05, 4.69) is 25.9 Å². The quantitative estimate of drug-likeness (QED) is 0.902. The van der Waals surface area contributed by atoms with E-state index >= 15 is 0 Å². The van der Waals surface area contributed by atoms with Crippen molar-refractivity contribution in [1.82, 2.24) is 9.97 Å². The second kappa shape index (κ2) is 4.50. The van der Waals surface area contributed by atoms with Gasteiger partial charge >= 0.3 is 0 Å². The fourth-order valence-corrected chi connectivity index (χ4v) is 1.43. The molecule has 1 aromatic rings. The molecule has 0 unspecified atom stereocenters. The average Bonchev–Trinajstić information content (AvgIpc) is 2.08. The van der Waals surface area contributed by atoms with Gasteiger partial charge in [0.1, 0.15) is 5.82 Å². The predicted octanol–water partition coefficient (Wildman–Crippen LogP) is 1.52. The van der Waals surface area contributed by atoms with Gasteiger partial charge in [-0.25, -0.2) is 13.8 Å². The molecule has 0 saturated carbocycles. The molecular weight excluding hydrogens is 258 g/mol. The normalized spacial score (nSPS) is 10.6. The van der Waals surface area contributed by atoms with Gasteiger partial charge in [-0.1, -0.05) is 0 Å². The SMILES string of the molecule is CN(CC(F)F)c1nc(N)ncc1Br. The summed E-state index contributed by atoms with van der Waals surface area (Å²) < 4.78 is 24.7. The monoisotopic (exact) mass is 266 g/mol. The predicted molar refractivity (Wildman–Crippen MR) is 53.4 cm³/mol. The van der Waals surface area contributed by atoms with E-state index in [0.29, 0.717) is 10.3 Å². The molecule has 0 aliphatic carbocycles. The van der Waals surface area contributed by atoms with Crippen molar-refractivity contribution in [2.45, 2.75) is 6.43 Å². The van der Waals surface area contributed by atoms with Crippen molar-refractivity contribution in [3.05, 3.63) is 10.7 Å². The number of rotatable bonds is 3. The number of halogens is 3. The molecule has 4 nitrogen and oxygen atoms in total. The van der Waals surface area contributed by atoms with Crippen molar-refractivity contribution in [2.24, 2.45) is 0 Å². The standard InChI is InChI=1S/C7H9BrF2N4/c1-14(3-5(9)10)6-4(8)2-12-7(11)13-6/h2,5H,3H2,1H3,(H2,11,12,13). The molecule has 1 aromatic heterocycles. The zero-order valence-electron chi connectivity index (χ0n) is 7.41. The molecular formula is C7H9BrF2N4. The zero-order chi connectivity index (χ0) is 10.7. The van der Waals surface area contributed by atoms with Gasteiger partial charge in [0.05, 0.1) is 11.0 Å². The maximum absolute atomic E-state index is 12.1. The molecule has 7 heteroatoms. The van der Waals surface area contributed by atoms with Gasteiger partial charge in [0.2, 0.25) is 5.95 Å². The van der Waals surface area contributed by atoms with Crippen molar-refractivity contribution in [1.29, 1.82) is 0 Å². The van der Waals surface area contributed by atoms with Crippen LogP contribution in [0.3, 0.4) is 0 Å². The number of nitrogens with two attached hydrogens (primary N) is 1. The summed E-state index contributed by atoms with van der Waals surface area (Å²) >= 11 is 3.15. The fourth-order valence-electron chi connectivity index (χ4n) is 0.932. The Kier molecular flexibility index (Phi) is 3.56. The molecule has 0 aliphatic heterocycles. The lowest BCUT2D eigenvalue weighted by Gasteiger charge is -2.18. The van der Waals surface area contributed by atoms with E-state index in [1.807, 2.05) is 0 Å². The van der Waals surface area contributed by atoms with Gasteiger partial charge in [0.15, 0.2) is 0 Å². The molecule has 0 radical (unpaired) electrons. The molecule has 0 fully saturated rings. The van der Waals surface area contributed by atoms with Crippen LogP contribution in [0.4, 0.5) is 20.5 Å². The Hall–Kier alpha value is -0.980. The highest BCUT2D eigenvalue weighted by Crippen LogP contribution is 2.22. The number of hydrogen-bond donors (Lipinski definition) is 1. The van der Waals surface area contributed by atoms with Crippen LogP contribution >= 0.6 is 15.9 Å². The van der Waals surface area contributed by atoms with Crippen molar-refractivity contribution in [2.75, 3.05) is 24.2 Å². The number of alkyl halides is 2. The molecule has 0 aliphatic rings. The molecule has 0 bridgehead atoms. The number of anilines is 2. The summed E-state index contributed by atoms with van der Waals surface area (Å²) in [4.78, 5) is 8.86. The van der Waals surface area contributed by atoms with Crippen LogP contribution in [0.25, 0.3) is 0 Å². The van der Waals surface area contributed by atoms with Crippen LogP contribution in [0, 0.1) is 0 Å². The fraction of sp³-hybridized carbons (Fsp3) is 0.429. The maximum atomic E-state index is 12.1. The number of hydrogen-bond acceptors (Lipinski definition) is 4. The van der Waals surface area contributed by atoms with E-state index in [0.717, 1.165) is 0 Å². The maximum Gasteiger partial charge on any atom is 0.255 e. The lowest BCUT2D eigenvalue weighted by atomic mass is 10.5. The van der Waals surface area contributed by atoms with Gasteiger partial charge in [-0.2, -0.15) is 4.98 Å². The van der Waals surface area contributed by atoms with Gasteiger partial charge in [-0.15, -0.1) is 0 Å². The van der Waals surface area contributed by atoms with Crippen molar-refractivity contribution < 1.29 is 8.78 Å². The van der Waals surface area contributed by atoms with Gasteiger partial charge in [-0.05, 0) is 15.9 Å². The first kappa shape index (κ1) is 11.1. The summed E-state index contributed by atoms with van der Waals surface area (Å²) in [5.41, 5.74) is 5.34. The van der Waals surface area contributed by atoms with E-state index in [1.54, 1.807) is 0 Å². The van der Waals surface area contributed by atoms with Crippen molar-refractivity contribution >= 4 is 27.7 Å². The van der Waals surface area contributed by atoms with Crippen LogP contribution in [0.15, 0.2) is 10.7 Å². The van der Waals surface area contributed by atoms with Crippen LogP contribution in [-0.4, -0.2) is 30.0 Å². The highest BCUT2D eigenvalue weighted by molar-refractivity contribution is 9.10. The summed E-state index contributed by atoms with van der Waals surface area (Å²) in [6.07, 6.45) is -0.984. The Balaban J connectivity index is 2.88. The molecule has 1 rings (SSSR count). The minimum atomic E-state index is -2.41. The Labute approximate surface area is 88.3 Å². The minimum Gasteiger partial charge on any atom is -0.368 e. The average molecular weight is 267 g/mol. The summed E-state index contributed by atoms with van der Waals surface area (Å²) in [5, 5.41) is 0. The first-order valence-electron chi connectivity index (χ1n) is 3.78. The Morgan fingerprint density at radius 3 is 2.86 bits per heavy atom. The van der Waals surface area contributed by atoms with Crippen LogP contribution in [-0.2, 0) is 0 Å². The summed E-state index contributed by atoms with van der Waals surface area (Å²) in [6, 6.07) is 0. The Bertz CT molecular complexity index is 321. The number of nitrogens with zero attached hydrogens (tertiary/aromatic N) is 3. The van der Waals surface area contributed by atoms with Crippen LogP contribution < -0.4 is 10.6 Å². The topological polar surface area (TPSA) is 55.0 Å². The van der Waals surface area contributed by atoms with Crippen molar-refractivity contribution in [3.63, 3.8) is 0 Å². The van der Waals surface area contributed by atoms with Crippen LogP contribution in [0.1, 0.15) is 0 Å². The largest absolute Gasteiger partial charge is 0.368 e. The molecule has 0 spiro atoms. The third kappa shape index (κ3) is 2.76. The smallest absolute Gasteiger partial charge is 0.255 e. The molecule has 0 aromatic carbocycles. The molecule has 0 amide bonds. The zero-order valence-corrected chi connectivity index (χ0v) is 9.00. The second-order valence-electron chi connectivity index (χ2n) is 2.67. The van der Waals surface area contributed by atoms with E-state index < -0.39 is 13.0 Å². The first-order valence-corrected chi connectivity index (χ1v) is 4.57. The highest BCUT2D eigenvalue weighted by Gasteiger charge is 2.13. The van der Waals surface area contributed by atoms with Crippen LogP contribution in [0.2, 0.25) is 0 Å². The van der Waals surface area contributed by atoms with E-state index in [1.165, 1.54) is 18.1 Å². The molecule has 14 heavy (non-hydrogen) atoms. The third-order valence-electron chi connectivity index (χ3n) is 1.52. The molecule has 0 saturated heterocycles. The Morgan fingerprint density at radius 1 is 1.64 bits per heavy atom. The van der Waals surface area contributed by atoms with E-state index in [-0.39, 0.29) is 5.95 Å². The molecule has 0 atom stereocenters. The number of nitrogen functional groups attached to an aromatic ring is 1. The third-order valence-corrected chi connectivity index (χ3v) is 2.08. The van der Waals surface area contributed by atoms with E-state index in [9.17, 15) is 8.78 Å². The van der Waals surface area contributed by atoms with Crippen LogP contribution in [0.5, 0.6) is 0 Å². The molecule has 78 valence electrons.